The molecular formula is C26H33F3O7SSi. The van der Waals surface area contributed by atoms with Crippen molar-refractivity contribution in [2.24, 2.45) is 0 Å². The quantitative estimate of drug-likeness (QED) is 0.297. The molecule has 0 amide bonds. The molecule has 0 bridgehead atoms. The minimum absolute atomic E-state index is 0.194. The number of hydrogen-bond donors (Lipinski definition) is 2. The van der Waals surface area contributed by atoms with Crippen LogP contribution in [0.1, 0.15) is 47.0 Å². The Bertz CT molecular complexity index is 1190. The molecule has 12 heteroatoms. The van der Waals surface area contributed by atoms with Gasteiger partial charge >= 0.3 is 11.5 Å². The van der Waals surface area contributed by atoms with E-state index in [1.54, 1.807) is 60.7 Å². The number of alkyl halides is 3. The van der Waals surface area contributed by atoms with Crippen LogP contribution >= 0.6 is 0 Å². The van der Waals surface area contributed by atoms with Crippen LogP contribution in [0.2, 0.25) is 5.04 Å². The zero-order chi connectivity index (χ0) is 28.6. The summed E-state index contributed by atoms with van der Waals surface area (Å²) in [4.78, 5) is 13.0. The number of esters is 1. The van der Waals surface area contributed by atoms with Gasteiger partial charge in [0, 0.05) is 6.42 Å². The highest BCUT2D eigenvalue weighted by Gasteiger charge is 2.68. The molecule has 2 aromatic rings. The van der Waals surface area contributed by atoms with Gasteiger partial charge in [0.1, 0.15) is 0 Å². The summed E-state index contributed by atoms with van der Waals surface area (Å²) in [6.07, 6.45) is -2.74. The molecule has 1 fully saturated rings. The molecule has 0 radical (unpaired) electrons. The van der Waals surface area contributed by atoms with Crippen molar-refractivity contribution in [1.29, 1.82) is 0 Å². The summed E-state index contributed by atoms with van der Waals surface area (Å²) in [7, 11) is -9.56. The van der Waals surface area contributed by atoms with Crippen molar-refractivity contribution in [3.8, 4) is 0 Å². The maximum Gasteiger partial charge on any atom is 0.497 e. The van der Waals surface area contributed by atoms with Crippen LogP contribution in [0.4, 0.5) is 13.2 Å². The number of ether oxygens (including phenoxy) is 1. The largest absolute Gasteiger partial charge is 0.497 e. The Morgan fingerprint density at radius 2 is 1.47 bits per heavy atom. The molecule has 2 N–H and O–H groups in total. The molecule has 3 atom stereocenters. The van der Waals surface area contributed by atoms with Crippen LogP contribution in [0, 0.1) is 0 Å². The Morgan fingerprint density at radius 3 is 1.87 bits per heavy atom. The van der Waals surface area contributed by atoms with Crippen LogP contribution in [0.15, 0.2) is 60.7 Å². The maximum absolute atomic E-state index is 13.5. The van der Waals surface area contributed by atoms with Gasteiger partial charge in [-0.25, -0.2) is 13.2 Å². The first-order chi connectivity index (χ1) is 17.5. The third-order valence-electron chi connectivity index (χ3n) is 7.09. The molecule has 210 valence electrons. The fourth-order valence-corrected chi connectivity index (χ4v) is 11.1. The highest BCUT2D eigenvalue weighted by Crippen LogP contribution is 2.48. The van der Waals surface area contributed by atoms with Gasteiger partial charge in [-0.15, -0.1) is 0 Å². The number of hydrogen-bond acceptors (Lipinski definition) is 7. The van der Waals surface area contributed by atoms with Crippen LogP contribution in [-0.4, -0.2) is 61.7 Å². The molecule has 0 aromatic heterocycles. The number of sulfone groups is 1. The Hall–Kier alpha value is -2.25. The van der Waals surface area contributed by atoms with Gasteiger partial charge in [0.15, 0.2) is 5.79 Å². The second-order valence-corrected chi connectivity index (χ2v) is 16.9. The lowest BCUT2D eigenvalue weighted by Gasteiger charge is -2.53. The SMILES string of the molecule is CCOC(=O)C1(O)CCC(S(=O)(=O)C(F)(F)F)CC1(O)O[Si](c1ccccc1)(c1ccccc1)C(C)(C)C. The molecule has 3 unspecified atom stereocenters. The minimum Gasteiger partial charge on any atom is -0.464 e. The van der Waals surface area contributed by atoms with Gasteiger partial charge in [-0.2, -0.15) is 13.2 Å². The third kappa shape index (κ3) is 5.04. The first-order valence-corrected chi connectivity index (χ1v) is 15.6. The summed E-state index contributed by atoms with van der Waals surface area (Å²) in [5.41, 5.74) is -8.43. The second kappa shape index (κ2) is 10.4. The summed E-state index contributed by atoms with van der Waals surface area (Å²) < 4.78 is 77.0. The molecule has 0 heterocycles. The summed E-state index contributed by atoms with van der Waals surface area (Å²) >= 11 is 0. The van der Waals surface area contributed by atoms with E-state index in [1.165, 1.54) is 6.92 Å². The number of rotatable bonds is 7. The van der Waals surface area contributed by atoms with Crippen LogP contribution in [-0.2, 0) is 23.8 Å². The summed E-state index contributed by atoms with van der Waals surface area (Å²) in [6, 6.07) is 17.4. The monoisotopic (exact) mass is 574 g/mol. The van der Waals surface area contributed by atoms with Gasteiger partial charge in [-0.05, 0) is 35.2 Å². The van der Waals surface area contributed by atoms with Gasteiger partial charge in [-0.1, -0.05) is 81.4 Å². The van der Waals surface area contributed by atoms with Gasteiger partial charge in [-0.3, -0.25) is 0 Å². The highest BCUT2D eigenvalue weighted by molar-refractivity contribution is 7.92. The predicted molar refractivity (Wildman–Crippen MR) is 138 cm³/mol. The molecule has 0 spiro atoms. The molecule has 7 nitrogen and oxygen atoms in total. The van der Waals surface area contributed by atoms with Crippen molar-refractivity contribution in [2.45, 2.75) is 74.1 Å². The average molecular weight is 575 g/mol. The van der Waals surface area contributed by atoms with E-state index in [9.17, 15) is 36.6 Å². The number of carbonyl (C=O) groups excluding carboxylic acids is 1. The van der Waals surface area contributed by atoms with E-state index in [-0.39, 0.29) is 6.61 Å². The van der Waals surface area contributed by atoms with Crippen molar-refractivity contribution in [3.05, 3.63) is 60.7 Å². The van der Waals surface area contributed by atoms with Crippen LogP contribution < -0.4 is 10.4 Å². The topological polar surface area (TPSA) is 110 Å². The standard InChI is InChI=1S/C26H33F3O7SSi/c1-5-35-22(30)24(31)17-16-19(37(33,34)26(27,28)29)18-25(24,32)36-38(23(2,3)4,20-12-8-6-9-13-20)21-14-10-7-11-15-21/h6-15,19,31-32H,5,16-18H2,1-4H3. The molecule has 0 saturated heterocycles. The average Bonchev–Trinajstić information content (AvgIpc) is 2.84. The maximum atomic E-state index is 13.5. The number of halogens is 3. The molecule has 1 aliphatic carbocycles. The van der Waals surface area contributed by atoms with Crippen LogP contribution in [0.3, 0.4) is 0 Å². The smallest absolute Gasteiger partial charge is 0.464 e. The molecule has 0 aliphatic heterocycles. The van der Waals surface area contributed by atoms with E-state index in [0.717, 1.165) is 0 Å². The molecule has 3 rings (SSSR count). The lowest BCUT2D eigenvalue weighted by Crippen LogP contribution is -2.76. The molecule has 38 heavy (non-hydrogen) atoms. The van der Waals surface area contributed by atoms with E-state index >= 15 is 0 Å². The number of carbonyl (C=O) groups is 1. The van der Waals surface area contributed by atoms with Crippen LogP contribution in [0.25, 0.3) is 0 Å². The molecule has 1 aliphatic rings. The van der Waals surface area contributed by atoms with E-state index in [1.807, 2.05) is 20.8 Å². The van der Waals surface area contributed by atoms with Gasteiger partial charge < -0.3 is 19.4 Å². The first-order valence-electron chi connectivity index (χ1n) is 12.2. The summed E-state index contributed by atoms with van der Waals surface area (Å²) in [5.74, 6) is -4.34. The number of benzene rings is 2. The third-order valence-corrected chi connectivity index (χ3v) is 14.1. The van der Waals surface area contributed by atoms with E-state index in [0.29, 0.717) is 10.4 Å². The van der Waals surface area contributed by atoms with Crippen molar-refractivity contribution < 1.29 is 45.8 Å². The molecule has 2 aromatic carbocycles. The highest BCUT2D eigenvalue weighted by atomic mass is 32.2. The fourth-order valence-electron chi connectivity index (χ4n) is 5.14. The van der Waals surface area contributed by atoms with Gasteiger partial charge in [0.25, 0.3) is 18.2 Å². The van der Waals surface area contributed by atoms with Crippen molar-refractivity contribution in [3.63, 3.8) is 0 Å². The Kier molecular flexibility index (Phi) is 8.27. The Labute approximate surface area is 221 Å². The fraction of sp³-hybridized carbons (Fsp3) is 0.500. The lowest BCUT2D eigenvalue weighted by molar-refractivity contribution is -0.278. The van der Waals surface area contributed by atoms with Gasteiger partial charge in [0.05, 0.1) is 11.9 Å². The molecular weight excluding hydrogens is 541 g/mol. The van der Waals surface area contributed by atoms with E-state index < -0.39 is 70.6 Å². The zero-order valence-corrected chi connectivity index (χ0v) is 23.5. The first kappa shape index (κ1) is 30.3. The van der Waals surface area contributed by atoms with Crippen LogP contribution in [0.5, 0.6) is 0 Å². The molecule has 1 saturated carbocycles. The second-order valence-electron chi connectivity index (χ2n) is 10.5. The van der Waals surface area contributed by atoms with E-state index in [4.69, 9.17) is 9.16 Å². The van der Waals surface area contributed by atoms with Gasteiger partial charge in [0.2, 0.25) is 5.60 Å². The summed E-state index contributed by atoms with van der Waals surface area (Å²) in [5, 5.41) is 21.9. The summed E-state index contributed by atoms with van der Waals surface area (Å²) in [6.45, 7) is 6.72. The van der Waals surface area contributed by atoms with Crippen molar-refractivity contribution in [2.75, 3.05) is 6.61 Å². The predicted octanol–water partition coefficient (Wildman–Crippen LogP) is 3.03. The van der Waals surface area contributed by atoms with Crippen molar-refractivity contribution in [1.82, 2.24) is 0 Å². The zero-order valence-electron chi connectivity index (χ0n) is 21.7. The van der Waals surface area contributed by atoms with Crippen molar-refractivity contribution >= 4 is 34.5 Å². The lowest BCUT2D eigenvalue weighted by atomic mass is 9.79. The van der Waals surface area contributed by atoms with E-state index in [2.05, 4.69) is 0 Å². The minimum atomic E-state index is -5.77. The normalized spacial score (nSPS) is 25.1. The Balaban J connectivity index is 2.32. The Morgan fingerprint density at radius 1 is 1.00 bits per heavy atom. The number of aliphatic hydroxyl groups is 2.